The molecule has 0 radical (unpaired) electrons. The SMILES string of the molecule is Br.BrCc1ccn[nH]1. The van der Waals surface area contributed by atoms with Crippen LogP contribution in [0.15, 0.2) is 12.3 Å². The number of nitrogens with zero attached hydrogens (tertiary/aromatic N) is 1. The Bertz CT molecular complexity index is 127. The fourth-order valence-corrected chi connectivity index (χ4v) is 0.671. The number of halogens is 2. The molecule has 1 N–H and O–H groups in total. The van der Waals surface area contributed by atoms with Gasteiger partial charge < -0.3 is 0 Å². The van der Waals surface area contributed by atoms with Gasteiger partial charge in [0.25, 0.3) is 0 Å². The highest BCUT2D eigenvalue weighted by Gasteiger charge is 1.83. The molecule has 0 aliphatic heterocycles. The molecular formula is C4H6Br2N2. The number of alkyl halides is 1. The van der Waals surface area contributed by atoms with E-state index in [0.717, 1.165) is 11.0 Å². The predicted octanol–water partition coefficient (Wildman–Crippen LogP) is 1.88. The highest BCUT2D eigenvalue weighted by Crippen LogP contribution is 1.96. The van der Waals surface area contributed by atoms with Crippen LogP contribution in [0.25, 0.3) is 0 Å². The molecule has 0 spiro atoms. The highest BCUT2D eigenvalue weighted by molar-refractivity contribution is 9.08. The molecule has 0 atom stereocenters. The molecular weight excluding hydrogens is 236 g/mol. The number of aromatic amines is 1. The van der Waals surface area contributed by atoms with Gasteiger partial charge in [-0.15, -0.1) is 17.0 Å². The molecule has 4 heteroatoms. The first-order chi connectivity index (χ1) is 3.43. The summed E-state index contributed by atoms with van der Waals surface area (Å²) in [7, 11) is 0. The van der Waals surface area contributed by atoms with Gasteiger partial charge in [-0.3, -0.25) is 5.10 Å². The zero-order valence-corrected chi connectivity index (χ0v) is 7.39. The molecule has 0 aromatic carbocycles. The lowest BCUT2D eigenvalue weighted by atomic mass is 10.5. The van der Waals surface area contributed by atoms with Crippen LogP contribution in [-0.2, 0) is 5.33 Å². The van der Waals surface area contributed by atoms with Crippen molar-refractivity contribution in [2.45, 2.75) is 5.33 Å². The average molecular weight is 242 g/mol. The molecule has 0 saturated heterocycles. The van der Waals surface area contributed by atoms with Crippen LogP contribution in [-0.4, -0.2) is 10.2 Å². The summed E-state index contributed by atoms with van der Waals surface area (Å²) in [5, 5.41) is 7.38. The summed E-state index contributed by atoms with van der Waals surface area (Å²) in [6, 6.07) is 1.93. The fourth-order valence-electron chi connectivity index (χ4n) is 0.359. The first-order valence-corrected chi connectivity index (χ1v) is 3.10. The normalized spacial score (nSPS) is 8.12. The van der Waals surface area contributed by atoms with E-state index in [-0.39, 0.29) is 17.0 Å². The number of nitrogens with one attached hydrogen (secondary N) is 1. The summed E-state index contributed by atoms with van der Waals surface area (Å²) >= 11 is 3.27. The van der Waals surface area contributed by atoms with Gasteiger partial charge in [-0.1, -0.05) is 15.9 Å². The Morgan fingerprint density at radius 2 is 2.50 bits per heavy atom. The molecule has 0 bridgehead atoms. The minimum atomic E-state index is 0. The zero-order chi connectivity index (χ0) is 5.11. The standard InChI is InChI=1S/C4H5BrN2.BrH/c5-3-4-1-2-6-7-4;/h1-2H,3H2,(H,6,7);1H. The van der Waals surface area contributed by atoms with Crippen LogP contribution in [0.3, 0.4) is 0 Å². The molecule has 0 aliphatic rings. The van der Waals surface area contributed by atoms with Crippen LogP contribution in [0.4, 0.5) is 0 Å². The Kier molecular flexibility index (Phi) is 4.18. The number of H-pyrrole nitrogens is 1. The second-order valence-corrected chi connectivity index (χ2v) is 1.78. The van der Waals surface area contributed by atoms with Gasteiger partial charge in [0.2, 0.25) is 0 Å². The molecule has 46 valence electrons. The van der Waals surface area contributed by atoms with Crippen LogP contribution in [0.5, 0.6) is 0 Å². The maximum atomic E-state index is 3.74. The Morgan fingerprint density at radius 3 is 2.75 bits per heavy atom. The van der Waals surface area contributed by atoms with Gasteiger partial charge in [0.15, 0.2) is 0 Å². The molecule has 2 nitrogen and oxygen atoms in total. The number of rotatable bonds is 1. The monoisotopic (exact) mass is 240 g/mol. The summed E-state index contributed by atoms with van der Waals surface area (Å²) in [6.07, 6.45) is 1.73. The third-order valence-corrected chi connectivity index (χ3v) is 1.31. The molecule has 0 fully saturated rings. The minimum Gasteiger partial charge on any atom is -0.282 e. The highest BCUT2D eigenvalue weighted by atomic mass is 79.9. The van der Waals surface area contributed by atoms with Crippen LogP contribution >= 0.6 is 32.9 Å². The largest absolute Gasteiger partial charge is 0.282 e. The maximum absolute atomic E-state index is 3.74. The van der Waals surface area contributed by atoms with Crippen molar-refractivity contribution in [3.8, 4) is 0 Å². The summed E-state index contributed by atoms with van der Waals surface area (Å²) in [5.74, 6) is 0. The van der Waals surface area contributed by atoms with E-state index in [4.69, 9.17) is 0 Å². The van der Waals surface area contributed by atoms with Crippen molar-refractivity contribution < 1.29 is 0 Å². The molecule has 0 aliphatic carbocycles. The minimum absolute atomic E-state index is 0. The van der Waals surface area contributed by atoms with Crippen LogP contribution in [0, 0.1) is 0 Å². The van der Waals surface area contributed by atoms with E-state index in [9.17, 15) is 0 Å². The van der Waals surface area contributed by atoms with Crippen molar-refractivity contribution in [1.29, 1.82) is 0 Å². The summed E-state index contributed by atoms with van der Waals surface area (Å²) < 4.78 is 0. The fraction of sp³-hybridized carbons (Fsp3) is 0.250. The second-order valence-electron chi connectivity index (χ2n) is 1.22. The van der Waals surface area contributed by atoms with Crippen molar-refractivity contribution in [3.63, 3.8) is 0 Å². The molecule has 1 rings (SSSR count). The topological polar surface area (TPSA) is 28.7 Å². The third kappa shape index (κ3) is 1.96. The molecule has 1 heterocycles. The third-order valence-electron chi connectivity index (χ3n) is 0.702. The van der Waals surface area contributed by atoms with Gasteiger partial charge >= 0.3 is 0 Å². The van der Waals surface area contributed by atoms with E-state index in [1.807, 2.05) is 6.07 Å². The average Bonchev–Trinajstić information content (AvgIpc) is 2.14. The van der Waals surface area contributed by atoms with Gasteiger partial charge in [0.05, 0.1) is 0 Å². The molecule has 0 saturated carbocycles. The molecule has 8 heavy (non-hydrogen) atoms. The van der Waals surface area contributed by atoms with Crippen LogP contribution in [0.1, 0.15) is 5.69 Å². The Hall–Kier alpha value is 0.170. The lowest BCUT2D eigenvalue weighted by Gasteiger charge is -1.77. The lowest BCUT2D eigenvalue weighted by molar-refractivity contribution is 1.04. The molecule has 0 unspecified atom stereocenters. The molecule has 1 aromatic rings. The van der Waals surface area contributed by atoms with Crippen LogP contribution < -0.4 is 0 Å². The first-order valence-electron chi connectivity index (χ1n) is 1.97. The summed E-state index contributed by atoms with van der Waals surface area (Å²) in [5.41, 5.74) is 1.11. The lowest BCUT2D eigenvalue weighted by Crippen LogP contribution is -1.72. The Balaban J connectivity index is 0.000000490. The molecule has 0 amide bonds. The maximum Gasteiger partial charge on any atom is 0.0490 e. The van der Waals surface area contributed by atoms with E-state index in [1.165, 1.54) is 0 Å². The smallest absolute Gasteiger partial charge is 0.0490 e. The van der Waals surface area contributed by atoms with E-state index in [1.54, 1.807) is 6.20 Å². The Labute approximate surface area is 66.6 Å². The summed E-state index contributed by atoms with van der Waals surface area (Å²) in [4.78, 5) is 0. The van der Waals surface area contributed by atoms with Gasteiger partial charge in [-0.2, -0.15) is 5.10 Å². The number of aromatic nitrogens is 2. The number of hydrogen-bond donors (Lipinski definition) is 1. The van der Waals surface area contributed by atoms with E-state index < -0.39 is 0 Å². The Morgan fingerprint density at radius 1 is 1.75 bits per heavy atom. The van der Waals surface area contributed by atoms with Gasteiger partial charge in [-0.25, -0.2) is 0 Å². The van der Waals surface area contributed by atoms with Gasteiger partial charge in [0, 0.05) is 17.2 Å². The van der Waals surface area contributed by atoms with Crippen molar-refractivity contribution >= 4 is 32.9 Å². The zero-order valence-electron chi connectivity index (χ0n) is 4.10. The van der Waals surface area contributed by atoms with Crippen molar-refractivity contribution in [2.75, 3.05) is 0 Å². The van der Waals surface area contributed by atoms with E-state index in [2.05, 4.69) is 26.1 Å². The van der Waals surface area contributed by atoms with Crippen molar-refractivity contribution in [1.82, 2.24) is 10.2 Å². The van der Waals surface area contributed by atoms with Crippen LogP contribution in [0.2, 0.25) is 0 Å². The predicted molar refractivity (Wildman–Crippen MR) is 41.5 cm³/mol. The molecule has 1 aromatic heterocycles. The van der Waals surface area contributed by atoms with E-state index >= 15 is 0 Å². The summed E-state index contributed by atoms with van der Waals surface area (Å²) in [6.45, 7) is 0. The first kappa shape index (κ1) is 8.17. The second kappa shape index (κ2) is 4.09. The quantitative estimate of drug-likeness (QED) is 0.748. The van der Waals surface area contributed by atoms with Gasteiger partial charge in [0.1, 0.15) is 0 Å². The van der Waals surface area contributed by atoms with Crippen molar-refractivity contribution in [3.05, 3.63) is 18.0 Å². The van der Waals surface area contributed by atoms with Gasteiger partial charge in [-0.05, 0) is 6.07 Å². The number of hydrogen-bond acceptors (Lipinski definition) is 1. The van der Waals surface area contributed by atoms with E-state index in [0.29, 0.717) is 0 Å². The van der Waals surface area contributed by atoms with Crippen molar-refractivity contribution in [2.24, 2.45) is 0 Å².